The predicted molar refractivity (Wildman–Crippen MR) is 91.8 cm³/mol. The highest BCUT2D eigenvalue weighted by Crippen LogP contribution is 2.39. The van der Waals surface area contributed by atoms with Crippen molar-refractivity contribution >= 4 is 5.95 Å². The standard InChI is InChI=1S/C18H23N5O/c1-22(2)17-20-9-15-11-24-13-18(16(15)21-17)5-7-23(12-18)10-14-4-3-6-19-8-14/h3-4,6,8-9H,5,7,10-13H2,1-2H3/t18-/m1/s1. The summed E-state index contributed by atoms with van der Waals surface area (Å²) in [5, 5.41) is 0. The summed E-state index contributed by atoms with van der Waals surface area (Å²) >= 11 is 0. The average Bonchev–Trinajstić information content (AvgIpc) is 2.99. The van der Waals surface area contributed by atoms with Crippen molar-refractivity contribution in [2.75, 3.05) is 38.7 Å². The molecule has 4 heterocycles. The van der Waals surface area contributed by atoms with E-state index in [1.54, 1.807) is 0 Å². The van der Waals surface area contributed by atoms with Gasteiger partial charge in [0.2, 0.25) is 5.95 Å². The Labute approximate surface area is 142 Å². The van der Waals surface area contributed by atoms with Gasteiger partial charge in [0.1, 0.15) is 0 Å². The first kappa shape index (κ1) is 15.5. The van der Waals surface area contributed by atoms with Crippen LogP contribution in [-0.4, -0.2) is 53.6 Å². The Morgan fingerprint density at radius 1 is 1.33 bits per heavy atom. The van der Waals surface area contributed by atoms with E-state index in [9.17, 15) is 0 Å². The third kappa shape index (κ3) is 2.76. The molecule has 2 aliphatic heterocycles. The van der Waals surface area contributed by atoms with E-state index < -0.39 is 0 Å². The maximum absolute atomic E-state index is 5.90. The third-order valence-electron chi connectivity index (χ3n) is 4.95. The van der Waals surface area contributed by atoms with Crippen LogP contribution in [-0.2, 0) is 23.3 Å². The second-order valence-corrected chi connectivity index (χ2v) is 7.03. The van der Waals surface area contributed by atoms with Crippen LogP contribution in [0.1, 0.15) is 23.2 Å². The average molecular weight is 325 g/mol. The highest BCUT2D eigenvalue weighted by Gasteiger charge is 2.44. The Bertz CT molecular complexity index is 721. The van der Waals surface area contributed by atoms with Crippen LogP contribution in [0.3, 0.4) is 0 Å². The van der Waals surface area contributed by atoms with Crippen molar-refractivity contribution in [3.63, 3.8) is 0 Å². The first-order valence-corrected chi connectivity index (χ1v) is 8.39. The molecule has 1 spiro atoms. The minimum absolute atomic E-state index is 0.0104. The molecule has 0 aromatic carbocycles. The van der Waals surface area contributed by atoms with Crippen LogP contribution in [0.4, 0.5) is 5.95 Å². The number of aromatic nitrogens is 3. The number of likely N-dealkylation sites (tertiary alicyclic amines) is 1. The second-order valence-electron chi connectivity index (χ2n) is 7.03. The summed E-state index contributed by atoms with van der Waals surface area (Å²) in [6.07, 6.45) is 6.77. The maximum Gasteiger partial charge on any atom is 0.225 e. The van der Waals surface area contributed by atoms with Crippen LogP contribution in [0.2, 0.25) is 0 Å². The van der Waals surface area contributed by atoms with Gasteiger partial charge in [-0.2, -0.15) is 0 Å². The second kappa shape index (κ2) is 6.11. The van der Waals surface area contributed by atoms with E-state index >= 15 is 0 Å². The summed E-state index contributed by atoms with van der Waals surface area (Å²) in [4.78, 5) is 18.0. The molecule has 24 heavy (non-hydrogen) atoms. The van der Waals surface area contributed by atoms with Crippen molar-refractivity contribution in [1.29, 1.82) is 0 Å². The van der Waals surface area contributed by atoms with E-state index in [1.165, 1.54) is 11.3 Å². The molecule has 1 fully saturated rings. The summed E-state index contributed by atoms with van der Waals surface area (Å²) < 4.78 is 5.90. The lowest BCUT2D eigenvalue weighted by Crippen LogP contribution is -2.40. The number of nitrogens with zero attached hydrogens (tertiary/aromatic N) is 5. The number of hydrogen-bond donors (Lipinski definition) is 0. The Kier molecular flexibility index (Phi) is 3.94. The minimum Gasteiger partial charge on any atom is -0.376 e. The van der Waals surface area contributed by atoms with Gasteiger partial charge in [0.15, 0.2) is 0 Å². The summed E-state index contributed by atoms with van der Waals surface area (Å²) in [5.41, 5.74) is 3.56. The molecule has 0 aliphatic carbocycles. The Morgan fingerprint density at radius 2 is 2.25 bits per heavy atom. The fraction of sp³-hybridized carbons (Fsp3) is 0.500. The molecule has 0 bridgehead atoms. The quantitative estimate of drug-likeness (QED) is 0.855. The van der Waals surface area contributed by atoms with E-state index in [-0.39, 0.29) is 5.41 Å². The first-order chi connectivity index (χ1) is 11.7. The van der Waals surface area contributed by atoms with Crippen LogP contribution in [0.15, 0.2) is 30.7 Å². The SMILES string of the molecule is CN(C)c1ncc2c(n1)[C@@]1(CCN(Cc3cccnc3)C1)COC2. The monoisotopic (exact) mass is 325 g/mol. The molecule has 4 rings (SSSR count). The summed E-state index contributed by atoms with van der Waals surface area (Å²) in [6.45, 7) is 4.31. The van der Waals surface area contributed by atoms with Gasteiger partial charge in [0.05, 0.1) is 24.3 Å². The van der Waals surface area contributed by atoms with Crippen molar-refractivity contribution in [2.24, 2.45) is 0 Å². The number of anilines is 1. The van der Waals surface area contributed by atoms with Crippen molar-refractivity contribution in [3.8, 4) is 0 Å². The summed E-state index contributed by atoms with van der Waals surface area (Å²) in [7, 11) is 3.97. The Morgan fingerprint density at radius 3 is 3.04 bits per heavy atom. The van der Waals surface area contributed by atoms with Gasteiger partial charge in [0, 0.05) is 51.3 Å². The zero-order valence-electron chi connectivity index (χ0n) is 14.3. The number of rotatable bonds is 3. The molecule has 0 amide bonds. The van der Waals surface area contributed by atoms with Crippen LogP contribution in [0.5, 0.6) is 0 Å². The maximum atomic E-state index is 5.90. The predicted octanol–water partition coefficient (Wildman–Crippen LogP) is 1.61. The lowest BCUT2D eigenvalue weighted by Gasteiger charge is -2.34. The van der Waals surface area contributed by atoms with Gasteiger partial charge in [-0.1, -0.05) is 6.07 Å². The fourth-order valence-electron chi connectivity index (χ4n) is 3.76. The zero-order valence-corrected chi connectivity index (χ0v) is 14.3. The van der Waals surface area contributed by atoms with Crippen molar-refractivity contribution in [2.45, 2.75) is 25.0 Å². The van der Waals surface area contributed by atoms with Gasteiger partial charge in [-0.3, -0.25) is 9.88 Å². The highest BCUT2D eigenvalue weighted by atomic mass is 16.5. The van der Waals surface area contributed by atoms with Gasteiger partial charge in [-0.15, -0.1) is 0 Å². The summed E-state index contributed by atoms with van der Waals surface area (Å²) in [6, 6.07) is 4.13. The normalized spacial score (nSPS) is 23.4. The number of pyridine rings is 1. The third-order valence-corrected chi connectivity index (χ3v) is 4.95. The van der Waals surface area contributed by atoms with E-state index in [1.807, 2.05) is 43.7 Å². The molecule has 0 radical (unpaired) electrons. The molecule has 0 saturated carbocycles. The lowest BCUT2D eigenvalue weighted by molar-refractivity contribution is 0.0503. The van der Waals surface area contributed by atoms with Gasteiger partial charge >= 0.3 is 0 Å². The number of ether oxygens (including phenoxy) is 1. The van der Waals surface area contributed by atoms with Crippen LogP contribution in [0, 0.1) is 0 Å². The molecule has 126 valence electrons. The molecular weight excluding hydrogens is 302 g/mol. The first-order valence-electron chi connectivity index (χ1n) is 8.39. The molecule has 6 heteroatoms. The molecular formula is C18H23N5O. The van der Waals surface area contributed by atoms with Crippen LogP contribution in [0.25, 0.3) is 0 Å². The molecule has 6 nitrogen and oxygen atoms in total. The van der Waals surface area contributed by atoms with Gasteiger partial charge < -0.3 is 9.64 Å². The lowest BCUT2D eigenvalue weighted by atomic mass is 9.80. The highest BCUT2D eigenvalue weighted by molar-refractivity contribution is 5.37. The summed E-state index contributed by atoms with van der Waals surface area (Å²) in [5.74, 6) is 0.778. The Hall–Kier alpha value is -2.05. The largest absolute Gasteiger partial charge is 0.376 e. The number of fused-ring (bicyclic) bond motifs is 2. The van der Waals surface area contributed by atoms with E-state index in [0.717, 1.165) is 44.2 Å². The molecule has 1 atom stereocenters. The number of hydrogen-bond acceptors (Lipinski definition) is 6. The van der Waals surface area contributed by atoms with E-state index in [2.05, 4.69) is 20.9 Å². The molecule has 2 aromatic rings. The van der Waals surface area contributed by atoms with Crippen LogP contribution >= 0.6 is 0 Å². The van der Waals surface area contributed by atoms with Crippen molar-refractivity contribution < 1.29 is 4.74 Å². The molecule has 2 aliphatic rings. The van der Waals surface area contributed by atoms with E-state index in [0.29, 0.717) is 6.61 Å². The van der Waals surface area contributed by atoms with Gasteiger partial charge in [0.25, 0.3) is 0 Å². The molecule has 0 unspecified atom stereocenters. The molecule has 2 aromatic heterocycles. The van der Waals surface area contributed by atoms with Crippen molar-refractivity contribution in [3.05, 3.63) is 47.5 Å². The topological polar surface area (TPSA) is 54.4 Å². The molecule has 0 N–H and O–H groups in total. The van der Waals surface area contributed by atoms with Gasteiger partial charge in [-0.25, -0.2) is 9.97 Å². The van der Waals surface area contributed by atoms with Crippen molar-refractivity contribution in [1.82, 2.24) is 19.9 Å². The fourth-order valence-corrected chi connectivity index (χ4v) is 3.76. The molecule has 1 saturated heterocycles. The smallest absolute Gasteiger partial charge is 0.225 e. The van der Waals surface area contributed by atoms with Crippen LogP contribution < -0.4 is 4.90 Å². The zero-order chi connectivity index (χ0) is 16.6. The minimum atomic E-state index is -0.0104. The van der Waals surface area contributed by atoms with Gasteiger partial charge in [-0.05, 0) is 24.6 Å². The van der Waals surface area contributed by atoms with E-state index in [4.69, 9.17) is 9.72 Å². The Balaban J connectivity index is 1.60.